The Bertz CT molecular complexity index is 643. The van der Waals surface area contributed by atoms with Crippen molar-refractivity contribution in [3.63, 3.8) is 0 Å². The Kier molecular flexibility index (Phi) is 6.25. The number of hydrogen-bond donors (Lipinski definition) is 2. The third kappa shape index (κ3) is 5.20. The molecule has 3 rings (SSSR count). The molecule has 1 fully saturated rings. The average Bonchev–Trinajstić information content (AvgIpc) is 3.19. The molecule has 1 unspecified atom stereocenters. The van der Waals surface area contributed by atoms with Crippen LogP contribution in [0.25, 0.3) is 0 Å². The van der Waals surface area contributed by atoms with Gasteiger partial charge in [-0.2, -0.15) is 0 Å². The first kappa shape index (κ1) is 17.3. The number of aliphatic imine (C=N–C) groups is 1. The van der Waals surface area contributed by atoms with Gasteiger partial charge in [-0.25, -0.2) is 9.97 Å². The first-order valence-corrected chi connectivity index (χ1v) is 8.84. The second-order valence-corrected chi connectivity index (χ2v) is 6.21. The summed E-state index contributed by atoms with van der Waals surface area (Å²) in [6.45, 7) is 3.68. The van der Waals surface area contributed by atoms with Gasteiger partial charge in [-0.05, 0) is 37.0 Å². The molecule has 7 nitrogen and oxygen atoms in total. The molecule has 2 aromatic heterocycles. The molecule has 0 saturated carbocycles. The number of aromatic nitrogens is 2. The predicted octanol–water partition coefficient (Wildman–Crippen LogP) is 1.69. The van der Waals surface area contributed by atoms with E-state index in [2.05, 4.69) is 30.5 Å². The number of rotatable bonds is 6. The molecule has 2 N–H and O–H groups in total. The highest BCUT2D eigenvalue weighted by molar-refractivity contribution is 5.79. The lowest BCUT2D eigenvalue weighted by Gasteiger charge is -2.33. The van der Waals surface area contributed by atoms with Crippen LogP contribution in [-0.2, 0) is 6.42 Å². The van der Waals surface area contributed by atoms with Gasteiger partial charge >= 0.3 is 0 Å². The monoisotopic (exact) mass is 342 g/mol. The van der Waals surface area contributed by atoms with Crippen molar-refractivity contribution in [2.24, 2.45) is 10.9 Å². The van der Waals surface area contributed by atoms with Crippen molar-refractivity contribution in [3.05, 3.63) is 42.6 Å². The van der Waals surface area contributed by atoms with Crippen LogP contribution in [0.3, 0.4) is 0 Å². The molecule has 1 aliphatic heterocycles. The van der Waals surface area contributed by atoms with Crippen LogP contribution in [-0.4, -0.2) is 49.2 Å². The van der Waals surface area contributed by atoms with Crippen molar-refractivity contribution in [2.45, 2.75) is 19.3 Å². The summed E-state index contributed by atoms with van der Waals surface area (Å²) < 4.78 is 5.34. The molecule has 7 heteroatoms. The number of nitrogens with zero attached hydrogens (tertiary/aromatic N) is 4. The number of nitrogens with one attached hydrogen (secondary N) is 2. The van der Waals surface area contributed by atoms with E-state index in [1.165, 1.54) is 6.42 Å². The van der Waals surface area contributed by atoms with Crippen molar-refractivity contribution in [2.75, 3.05) is 38.1 Å². The fourth-order valence-corrected chi connectivity index (χ4v) is 3.09. The maximum absolute atomic E-state index is 5.34. The topological polar surface area (TPSA) is 78.6 Å². The summed E-state index contributed by atoms with van der Waals surface area (Å²) in [5.74, 6) is 3.20. The van der Waals surface area contributed by atoms with Gasteiger partial charge in [0.25, 0.3) is 0 Å². The second kappa shape index (κ2) is 9.05. The van der Waals surface area contributed by atoms with Crippen LogP contribution in [0.4, 0.5) is 5.95 Å². The molecule has 0 spiro atoms. The van der Waals surface area contributed by atoms with Crippen LogP contribution >= 0.6 is 0 Å². The van der Waals surface area contributed by atoms with E-state index in [-0.39, 0.29) is 0 Å². The van der Waals surface area contributed by atoms with Crippen molar-refractivity contribution < 1.29 is 4.42 Å². The summed E-state index contributed by atoms with van der Waals surface area (Å²) in [6, 6.07) is 5.75. The third-order valence-corrected chi connectivity index (χ3v) is 4.38. The lowest BCUT2D eigenvalue weighted by atomic mass is 9.98. The number of hydrogen-bond acceptors (Lipinski definition) is 5. The summed E-state index contributed by atoms with van der Waals surface area (Å²) in [7, 11) is 1.80. The molecule has 1 aliphatic rings. The van der Waals surface area contributed by atoms with E-state index in [0.29, 0.717) is 5.92 Å². The molecule has 0 aromatic carbocycles. The van der Waals surface area contributed by atoms with Gasteiger partial charge in [-0.3, -0.25) is 4.99 Å². The highest BCUT2D eigenvalue weighted by atomic mass is 16.3. The van der Waals surface area contributed by atoms with Gasteiger partial charge in [-0.15, -0.1) is 0 Å². The minimum Gasteiger partial charge on any atom is -0.469 e. The van der Waals surface area contributed by atoms with Crippen molar-refractivity contribution >= 4 is 11.9 Å². The number of furan rings is 1. The van der Waals surface area contributed by atoms with E-state index in [1.807, 2.05) is 18.2 Å². The molecule has 0 bridgehead atoms. The van der Waals surface area contributed by atoms with E-state index in [9.17, 15) is 0 Å². The minimum absolute atomic E-state index is 0.557. The highest BCUT2D eigenvalue weighted by Crippen LogP contribution is 2.19. The molecular formula is C18H26N6O. The Balaban J connectivity index is 1.42. The smallest absolute Gasteiger partial charge is 0.225 e. The Morgan fingerprint density at radius 1 is 1.32 bits per heavy atom. The van der Waals surface area contributed by atoms with Gasteiger partial charge in [-0.1, -0.05) is 0 Å². The maximum atomic E-state index is 5.34. The summed E-state index contributed by atoms with van der Waals surface area (Å²) >= 11 is 0. The zero-order valence-electron chi connectivity index (χ0n) is 14.7. The molecule has 25 heavy (non-hydrogen) atoms. The molecule has 1 saturated heterocycles. The van der Waals surface area contributed by atoms with Crippen LogP contribution in [0, 0.1) is 5.92 Å². The Morgan fingerprint density at radius 2 is 2.20 bits per heavy atom. The maximum Gasteiger partial charge on any atom is 0.225 e. The predicted molar refractivity (Wildman–Crippen MR) is 98.7 cm³/mol. The van der Waals surface area contributed by atoms with Crippen LogP contribution in [0.2, 0.25) is 0 Å². The van der Waals surface area contributed by atoms with Crippen LogP contribution in [0.5, 0.6) is 0 Å². The number of guanidine groups is 1. The fraction of sp³-hybridized carbons (Fsp3) is 0.500. The van der Waals surface area contributed by atoms with Gasteiger partial charge in [0.15, 0.2) is 5.96 Å². The SMILES string of the molecule is CN=C(NCCc1ccco1)NCC1CCCN(c2ncccn2)C1. The Labute approximate surface area is 148 Å². The average molecular weight is 342 g/mol. The second-order valence-electron chi connectivity index (χ2n) is 6.21. The lowest BCUT2D eigenvalue weighted by Crippen LogP contribution is -2.45. The van der Waals surface area contributed by atoms with E-state index >= 15 is 0 Å². The first-order valence-electron chi connectivity index (χ1n) is 8.84. The summed E-state index contributed by atoms with van der Waals surface area (Å²) in [6.07, 6.45) is 8.52. The van der Waals surface area contributed by atoms with Crippen LogP contribution in [0.15, 0.2) is 46.3 Å². The van der Waals surface area contributed by atoms with Crippen molar-refractivity contribution in [1.82, 2.24) is 20.6 Å². The molecule has 0 radical (unpaired) electrons. The highest BCUT2D eigenvalue weighted by Gasteiger charge is 2.21. The number of anilines is 1. The minimum atomic E-state index is 0.557. The van der Waals surface area contributed by atoms with E-state index in [0.717, 1.165) is 56.7 Å². The molecule has 1 atom stereocenters. The molecule has 0 aliphatic carbocycles. The van der Waals surface area contributed by atoms with Crippen molar-refractivity contribution in [3.8, 4) is 0 Å². The van der Waals surface area contributed by atoms with Gasteiger partial charge < -0.3 is 20.0 Å². The van der Waals surface area contributed by atoms with Crippen molar-refractivity contribution in [1.29, 1.82) is 0 Å². The van der Waals surface area contributed by atoms with E-state index < -0.39 is 0 Å². The zero-order chi connectivity index (χ0) is 17.3. The largest absolute Gasteiger partial charge is 0.469 e. The fourth-order valence-electron chi connectivity index (χ4n) is 3.09. The van der Waals surface area contributed by atoms with Gasteiger partial charge in [0.05, 0.1) is 6.26 Å². The quantitative estimate of drug-likeness (QED) is 0.614. The van der Waals surface area contributed by atoms with Gasteiger partial charge in [0.2, 0.25) is 5.95 Å². The van der Waals surface area contributed by atoms with Gasteiger partial charge in [0, 0.05) is 52.0 Å². The van der Waals surface area contributed by atoms with Crippen LogP contribution < -0.4 is 15.5 Å². The summed E-state index contributed by atoms with van der Waals surface area (Å²) in [5.41, 5.74) is 0. The standard InChI is InChI=1S/C18H26N6O/c1-19-17(20-10-7-16-6-3-12-25-16)23-13-15-5-2-11-24(14-15)18-21-8-4-9-22-18/h3-4,6,8-9,12,15H,2,5,7,10-11,13-14H2,1H3,(H2,19,20,23). The lowest BCUT2D eigenvalue weighted by molar-refractivity contribution is 0.406. The van der Waals surface area contributed by atoms with E-state index in [1.54, 1.807) is 25.7 Å². The first-order chi connectivity index (χ1) is 12.3. The van der Waals surface area contributed by atoms with E-state index in [4.69, 9.17) is 4.42 Å². The third-order valence-electron chi connectivity index (χ3n) is 4.38. The van der Waals surface area contributed by atoms with Crippen LogP contribution in [0.1, 0.15) is 18.6 Å². The normalized spacial score (nSPS) is 18.2. The molecule has 2 aromatic rings. The summed E-state index contributed by atoms with van der Waals surface area (Å²) in [4.78, 5) is 15.3. The Morgan fingerprint density at radius 3 is 2.96 bits per heavy atom. The molecular weight excluding hydrogens is 316 g/mol. The van der Waals surface area contributed by atoms with Gasteiger partial charge in [0.1, 0.15) is 5.76 Å². The molecule has 134 valence electrons. The molecule has 0 amide bonds. The number of piperidine rings is 1. The molecule has 3 heterocycles. The Hall–Kier alpha value is -2.57. The summed E-state index contributed by atoms with van der Waals surface area (Å²) in [5, 5.41) is 6.76. The zero-order valence-corrected chi connectivity index (χ0v) is 14.7.